The van der Waals surface area contributed by atoms with E-state index in [-0.39, 0.29) is 18.4 Å². The number of nitrogens with two attached hydrogens (primary N) is 1. The lowest BCUT2D eigenvalue weighted by Crippen LogP contribution is -2.28. The fourth-order valence-corrected chi connectivity index (χ4v) is 1.86. The number of aliphatic hydroxyl groups is 1. The van der Waals surface area contributed by atoms with Crippen molar-refractivity contribution in [2.75, 3.05) is 7.11 Å². The molecule has 0 aromatic heterocycles. The molecule has 0 heterocycles. The summed E-state index contributed by atoms with van der Waals surface area (Å²) in [5, 5.41) is 9.95. The third-order valence-corrected chi connectivity index (χ3v) is 2.97. The molecule has 16 heavy (non-hydrogen) atoms. The molecule has 2 atom stereocenters. The summed E-state index contributed by atoms with van der Waals surface area (Å²) in [6.45, 7) is 0. The van der Waals surface area contributed by atoms with Gasteiger partial charge in [0.05, 0.1) is 19.3 Å². The Bertz CT molecular complexity index is 342. The Morgan fingerprint density at radius 2 is 2.00 bits per heavy atom. The number of para-hydroxylation sites is 1. The molecule has 1 aromatic carbocycles. The predicted octanol–water partition coefficient (Wildman–Crippen LogP) is 1.89. The van der Waals surface area contributed by atoms with E-state index < -0.39 is 6.10 Å². The largest absolute Gasteiger partial charge is 0.496 e. The second-order valence-corrected chi connectivity index (χ2v) is 4.10. The molecule has 3 N–H and O–H groups in total. The van der Waals surface area contributed by atoms with Crippen LogP contribution in [-0.4, -0.2) is 18.3 Å². The zero-order chi connectivity index (χ0) is 10.8. The maximum Gasteiger partial charge on any atom is 0.123 e. The smallest absolute Gasteiger partial charge is 0.123 e. The summed E-state index contributed by atoms with van der Waals surface area (Å²) in [7, 11) is 1.62. The standard InChI is InChI=1S/C12H17NO2.ClH/c1-15-10-5-3-2-4-9(10)11(13)12(14)8-6-7-8;/h2-5,8,11-12,14H,6-7,13H2,1H3;1H/t11-,12+;/m1./s1. The van der Waals surface area contributed by atoms with E-state index in [9.17, 15) is 5.11 Å². The van der Waals surface area contributed by atoms with E-state index in [1.165, 1.54) is 0 Å². The van der Waals surface area contributed by atoms with Gasteiger partial charge in [0.1, 0.15) is 5.75 Å². The number of rotatable bonds is 4. The summed E-state index contributed by atoms with van der Waals surface area (Å²) in [6.07, 6.45) is 1.73. The summed E-state index contributed by atoms with van der Waals surface area (Å²) in [5.41, 5.74) is 6.91. The molecule has 0 bridgehead atoms. The Hall–Kier alpha value is -0.770. The summed E-state index contributed by atoms with van der Waals surface area (Å²) >= 11 is 0. The van der Waals surface area contributed by atoms with Gasteiger partial charge >= 0.3 is 0 Å². The Morgan fingerprint density at radius 1 is 1.38 bits per heavy atom. The second kappa shape index (κ2) is 5.53. The third kappa shape index (κ3) is 2.67. The molecule has 0 spiro atoms. The Labute approximate surface area is 102 Å². The molecular formula is C12H18ClNO2. The molecule has 1 fully saturated rings. The van der Waals surface area contributed by atoms with Crippen LogP contribution in [0.15, 0.2) is 24.3 Å². The molecule has 2 rings (SSSR count). The molecule has 0 saturated heterocycles. The monoisotopic (exact) mass is 243 g/mol. The highest BCUT2D eigenvalue weighted by Gasteiger charge is 2.35. The molecule has 90 valence electrons. The van der Waals surface area contributed by atoms with Crippen LogP contribution in [0.4, 0.5) is 0 Å². The average molecular weight is 244 g/mol. The minimum absolute atomic E-state index is 0. The molecule has 0 unspecified atom stereocenters. The number of benzene rings is 1. The van der Waals surface area contributed by atoms with Crippen LogP contribution in [-0.2, 0) is 0 Å². The maximum atomic E-state index is 9.95. The zero-order valence-corrected chi connectivity index (χ0v) is 10.1. The minimum Gasteiger partial charge on any atom is -0.496 e. The van der Waals surface area contributed by atoms with Gasteiger partial charge in [0, 0.05) is 5.56 Å². The highest BCUT2D eigenvalue weighted by atomic mass is 35.5. The fourth-order valence-electron chi connectivity index (χ4n) is 1.86. The third-order valence-electron chi connectivity index (χ3n) is 2.97. The number of halogens is 1. The van der Waals surface area contributed by atoms with Gasteiger partial charge in [-0.2, -0.15) is 0 Å². The molecule has 0 amide bonds. The molecule has 1 aromatic rings. The SMILES string of the molecule is COc1ccccc1[C@@H](N)[C@@H](O)C1CC1.Cl. The van der Waals surface area contributed by atoms with Crippen molar-refractivity contribution in [3.05, 3.63) is 29.8 Å². The molecule has 1 aliphatic carbocycles. The highest BCUT2D eigenvalue weighted by Crippen LogP contribution is 2.38. The molecule has 0 radical (unpaired) electrons. The van der Waals surface area contributed by atoms with Gasteiger partial charge in [-0.25, -0.2) is 0 Å². The van der Waals surface area contributed by atoms with E-state index in [0.29, 0.717) is 5.92 Å². The van der Waals surface area contributed by atoms with Gasteiger partial charge in [-0.05, 0) is 24.8 Å². The number of hydrogen-bond acceptors (Lipinski definition) is 3. The van der Waals surface area contributed by atoms with E-state index in [0.717, 1.165) is 24.2 Å². The van der Waals surface area contributed by atoms with Crippen LogP contribution in [0.5, 0.6) is 5.75 Å². The van der Waals surface area contributed by atoms with E-state index in [4.69, 9.17) is 10.5 Å². The van der Waals surface area contributed by atoms with E-state index in [2.05, 4.69) is 0 Å². The van der Waals surface area contributed by atoms with Gasteiger partial charge < -0.3 is 15.6 Å². The summed E-state index contributed by atoms with van der Waals surface area (Å²) < 4.78 is 5.23. The van der Waals surface area contributed by atoms with Gasteiger partial charge in [-0.1, -0.05) is 18.2 Å². The van der Waals surface area contributed by atoms with Gasteiger partial charge in [0.25, 0.3) is 0 Å². The summed E-state index contributed by atoms with van der Waals surface area (Å²) in [4.78, 5) is 0. The van der Waals surface area contributed by atoms with Crippen LogP contribution < -0.4 is 10.5 Å². The number of hydrogen-bond donors (Lipinski definition) is 2. The van der Waals surface area contributed by atoms with Crippen LogP contribution >= 0.6 is 12.4 Å². The Morgan fingerprint density at radius 3 is 2.56 bits per heavy atom. The molecule has 3 nitrogen and oxygen atoms in total. The second-order valence-electron chi connectivity index (χ2n) is 4.10. The topological polar surface area (TPSA) is 55.5 Å². The first-order valence-corrected chi connectivity index (χ1v) is 5.30. The number of methoxy groups -OCH3 is 1. The van der Waals surface area contributed by atoms with Crippen molar-refractivity contribution in [3.8, 4) is 5.75 Å². The first-order valence-electron chi connectivity index (χ1n) is 5.30. The van der Waals surface area contributed by atoms with Gasteiger partial charge in [-0.3, -0.25) is 0 Å². The maximum absolute atomic E-state index is 9.95. The van der Waals surface area contributed by atoms with Crippen LogP contribution in [0.3, 0.4) is 0 Å². The normalized spacial score (nSPS) is 18.4. The van der Waals surface area contributed by atoms with Crippen molar-refractivity contribution in [2.24, 2.45) is 11.7 Å². The van der Waals surface area contributed by atoms with Crippen molar-refractivity contribution in [1.29, 1.82) is 0 Å². The van der Waals surface area contributed by atoms with Crippen LogP contribution in [0.1, 0.15) is 24.4 Å². The Balaban J connectivity index is 0.00000128. The van der Waals surface area contributed by atoms with Crippen molar-refractivity contribution in [3.63, 3.8) is 0 Å². The Kier molecular flexibility index (Phi) is 4.59. The van der Waals surface area contributed by atoms with Gasteiger partial charge in [0.2, 0.25) is 0 Å². The van der Waals surface area contributed by atoms with Crippen molar-refractivity contribution < 1.29 is 9.84 Å². The lowest BCUT2D eigenvalue weighted by atomic mass is 9.98. The first kappa shape index (κ1) is 13.3. The van der Waals surface area contributed by atoms with E-state index in [1.807, 2.05) is 24.3 Å². The lowest BCUT2D eigenvalue weighted by Gasteiger charge is -2.20. The summed E-state index contributed by atoms with van der Waals surface area (Å²) in [5.74, 6) is 1.13. The molecule has 1 saturated carbocycles. The van der Waals surface area contributed by atoms with Crippen molar-refractivity contribution in [1.82, 2.24) is 0 Å². The molecular weight excluding hydrogens is 226 g/mol. The summed E-state index contributed by atoms with van der Waals surface area (Å²) in [6, 6.07) is 7.26. The predicted molar refractivity (Wildman–Crippen MR) is 65.9 cm³/mol. The first-order chi connectivity index (χ1) is 7.24. The van der Waals surface area contributed by atoms with E-state index >= 15 is 0 Å². The molecule has 0 aliphatic heterocycles. The van der Waals surface area contributed by atoms with Gasteiger partial charge in [-0.15, -0.1) is 12.4 Å². The number of aliphatic hydroxyl groups excluding tert-OH is 1. The van der Waals surface area contributed by atoms with Crippen LogP contribution in [0.25, 0.3) is 0 Å². The molecule has 4 heteroatoms. The zero-order valence-electron chi connectivity index (χ0n) is 9.30. The van der Waals surface area contributed by atoms with Crippen LogP contribution in [0.2, 0.25) is 0 Å². The molecule has 1 aliphatic rings. The van der Waals surface area contributed by atoms with Crippen LogP contribution in [0, 0.1) is 5.92 Å². The van der Waals surface area contributed by atoms with Gasteiger partial charge in [0.15, 0.2) is 0 Å². The lowest BCUT2D eigenvalue weighted by molar-refractivity contribution is 0.121. The van der Waals surface area contributed by atoms with Crippen molar-refractivity contribution >= 4 is 12.4 Å². The van der Waals surface area contributed by atoms with Crippen molar-refractivity contribution in [2.45, 2.75) is 25.0 Å². The quantitative estimate of drug-likeness (QED) is 0.849. The number of ether oxygens (including phenoxy) is 1. The highest BCUT2D eigenvalue weighted by molar-refractivity contribution is 5.85. The minimum atomic E-state index is -0.443. The fraction of sp³-hybridized carbons (Fsp3) is 0.500. The average Bonchev–Trinajstić information content (AvgIpc) is 3.11. The van der Waals surface area contributed by atoms with E-state index in [1.54, 1.807) is 7.11 Å².